The van der Waals surface area contributed by atoms with Crippen LogP contribution in [0.3, 0.4) is 0 Å². The molecule has 0 radical (unpaired) electrons. The fraction of sp³-hybridized carbons (Fsp3) is 0.318. The van der Waals surface area contributed by atoms with Crippen LogP contribution in [0.5, 0.6) is 28.7 Å². The molecule has 0 aliphatic carbocycles. The van der Waals surface area contributed by atoms with Gasteiger partial charge in [0.15, 0.2) is 17.3 Å². The van der Waals surface area contributed by atoms with E-state index in [0.29, 0.717) is 0 Å². The first kappa shape index (κ1) is 23.6. The maximum Gasteiger partial charge on any atom is 0.239 e. The summed E-state index contributed by atoms with van der Waals surface area (Å²) in [5.74, 6) is -2.67. The number of hydrogen-bond acceptors (Lipinski definition) is 12. The predicted octanol–water partition coefficient (Wildman–Crippen LogP) is -0.496. The lowest BCUT2D eigenvalue weighted by Gasteiger charge is -2.39. The van der Waals surface area contributed by atoms with Crippen LogP contribution in [0.2, 0.25) is 0 Å². The second kappa shape index (κ2) is 9.00. The van der Waals surface area contributed by atoms with E-state index in [9.17, 15) is 45.6 Å². The molecule has 1 saturated heterocycles. The molecule has 182 valence electrons. The van der Waals surface area contributed by atoms with E-state index in [4.69, 9.17) is 13.9 Å². The Morgan fingerprint density at radius 3 is 2.24 bits per heavy atom. The summed E-state index contributed by atoms with van der Waals surface area (Å²) in [6.45, 7) is -1.21. The molecule has 1 aromatic heterocycles. The molecule has 0 spiro atoms. The summed E-state index contributed by atoms with van der Waals surface area (Å²) in [5, 5.41) is 78.6. The lowest BCUT2D eigenvalue weighted by molar-refractivity contribution is -0.234. The highest BCUT2D eigenvalue weighted by Crippen LogP contribution is 2.38. The topological polar surface area (TPSA) is 211 Å². The van der Waals surface area contributed by atoms with Crippen LogP contribution in [-0.2, 0) is 4.74 Å². The third-order valence-electron chi connectivity index (χ3n) is 5.54. The number of aliphatic hydroxyl groups is 4. The number of phenols is 4. The molecule has 1 aliphatic rings. The summed E-state index contributed by atoms with van der Waals surface area (Å²) in [6, 6.07) is 5.54. The highest BCUT2D eigenvalue weighted by Gasteiger charge is 2.43. The van der Waals surface area contributed by atoms with Gasteiger partial charge >= 0.3 is 0 Å². The van der Waals surface area contributed by atoms with Crippen LogP contribution in [0.15, 0.2) is 39.5 Å². The predicted molar refractivity (Wildman–Crippen MR) is 114 cm³/mol. The van der Waals surface area contributed by atoms with Crippen molar-refractivity contribution < 1.29 is 54.7 Å². The van der Waals surface area contributed by atoms with Gasteiger partial charge in [-0.15, -0.1) is 0 Å². The van der Waals surface area contributed by atoms with Gasteiger partial charge in [0.1, 0.15) is 59.6 Å². The molecule has 12 nitrogen and oxygen atoms in total. The molecule has 0 amide bonds. The number of aromatic hydroxyl groups is 4. The van der Waals surface area contributed by atoms with Crippen LogP contribution in [0.4, 0.5) is 0 Å². The molecule has 0 bridgehead atoms. The van der Waals surface area contributed by atoms with Crippen LogP contribution in [0, 0.1) is 0 Å². The average Bonchev–Trinajstić information content (AvgIpc) is 2.79. The number of fused-ring (bicyclic) bond motifs is 1. The fourth-order valence-corrected chi connectivity index (χ4v) is 3.74. The molecular formula is C22H22O12. The SMILES string of the molecule is O=c1c(OC[C@@H]2O[C@H](CO)[C@@H](O)[C@H](O)[C@H]2O)c(-c2ccc(O)c(O)c2)oc2cc(O)cc(O)c12. The number of rotatable bonds is 5. The molecule has 3 aromatic rings. The quantitative estimate of drug-likeness (QED) is 0.218. The van der Waals surface area contributed by atoms with Gasteiger partial charge < -0.3 is 54.7 Å². The van der Waals surface area contributed by atoms with Crippen molar-refractivity contribution in [1.29, 1.82) is 0 Å². The van der Waals surface area contributed by atoms with E-state index >= 15 is 0 Å². The van der Waals surface area contributed by atoms with Gasteiger partial charge in [-0.1, -0.05) is 0 Å². The van der Waals surface area contributed by atoms with Crippen LogP contribution in [0.25, 0.3) is 22.3 Å². The summed E-state index contributed by atoms with van der Waals surface area (Å²) in [5.41, 5.74) is -0.989. The molecule has 34 heavy (non-hydrogen) atoms. The molecule has 5 atom stereocenters. The fourth-order valence-electron chi connectivity index (χ4n) is 3.74. The Morgan fingerprint density at radius 1 is 0.853 bits per heavy atom. The summed E-state index contributed by atoms with van der Waals surface area (Å²) in [4.78, 5) is 13.2. The zero-order valence-electron chi connectivity index (χ0n) is 17.4. The highest BCUT2D eigenvalue weighted by atomic mass is 16.6. The lowest BCUT2D eigenvalue weighted by atomic mass is 9.95. The van der Waals surface area contributed by atoms with E-state index in [1.165, 1.54) is 6.07 Å². The van der Waals surface area contributed by atoms with Crippen molar-refractivity contribution in [3.05, 3.63) is 40.6 Å². The molecule has 2 aromatic carbocycles. The van der Waals surface area contributed by atoms with Crippen molar-refractivity contribution in [2.75, 3.05) is 13.2 Å². The molecule has 0 unspecified atom stereocenters. The van der Waals surface area contributed by atoms with Crippen LogP contribution in [0.1, 0.15) is 0 Å². The van der Waals surface area contributed by atoms with E-state index in [1.54, 1.807) is 0 Å². The third-order valence-corrected chi connectivity index (χ3v) is 5.54. The zero-order valence-corrected chi connectivity index (χ0v) is 17.4. The molecule has 8 N–H and O–H groups in total. The van der Waals surface area contributed by atoms with E-state index in [-0.39, 0.29) is 28.0 Å². The zero-order chi connectivity index (χ0) is 24.7. The van der Waals surface area contributed by atoms with E-state index in [1.807, 2.05) is 0 Å². The maximum atomic E-state index is 13.2. The number of hydrogen-bond donors (Lipinski definition) is 8. The van der Waals surface area contributed by atoms with Crippen LogP contribution >= 0.6 is 0 Å². The average molecular weight is 478 g/mol. The second-order valence-corrected chi connectivity index (χ2v) is 7.81. The van der Waals surface area contributed by atoms with E-state index in [0.717, 1.165) is 24.3 Å². The van der Waals surface area contributed by atoms with Crippen molar-refractivity contribution in [2.24, 2.45) is 0 Å². The van der Waals surface area contributed by atoms with Gasteiger partial charge in [0.2, 0.25) is 11.2 Å². The number of phenolic OH excluding ortho intramolecular Hbond substituents is 4. The minimum absolute atomic E-state index is 0.0842. The minimum Gasteiger partial charge on any atom is -0.508 e. The molecular weight excluding hydrogens is 456 g/mol. The smallest absolute Gasteiger partial charge is 0.239 e. The first-order valence-corrected chi connectivity index (χ1v) is 10.1. The van der Waals surface area contributed by atoms with Crippen molar-refractivity contribution in [3.63, 3.8) is 0 Å². The number of benzene rings is 2. The minimum atomic E-state index is -1.66. The summed E-state index contributed by atoms with van der Waals surface area (Å²) in [6.07, 6.45) is -7.34. The lowest BCUT2D eigenvalue weighted by Crippen LogP contribution is -2.59. The largest absolute Gasteiger partial charge is 0.508 e. The molecule has 0 saturated carbocycles. The first-order chi connectivity index (χ1) is 16.1. The Labute approximate surface area is 190 Å². The Morgan fingerprint density at radius 2 is 1.56 bits per heavy atom. The summed E-state index contributed by atoms with van der Waals surface area (Å²) < 4.78 is 16.7. The van der Waals surface area contributed by atoms with Crippen molar-refractivity contribution >= 4 is 11.0 Å². The Bertz CT molecular complexity index is 1270. The van der Waals surface area contributed by atoms with E-state index in [2.05, 4.69) is 0 Å². The summed E-state index contributed by atoms with van der Waals surface area (Å²) in [7, 11) is 0. The highest BCUT2D eigenvalue weighted by molar-refractivity contribution is 5.88. The van der Waals surface area contributed by atoms with E-state index < -0.39 is 72.2 Å². The van der Waals surface area contributed by atoms with Crippen molar-refractivity contribution in [1.82, 2.24) is 0 Å². The first-order valence-electron chi connectivity index (χ1n) is 10.1. The molecule has 1 fully saturated rings. The van der Waals surface area contributed by atoms with Gasteiger partial charge in [-0.25, -0.2) is 0 Å². The van der Waals surface area contributed by atoms with Crippen LogP contribution in [-0.4, -0.2) is 84.6 Å². The Kier molecular flexibility index (Phi) is 6.25. The molecule has 2 heterocycles. The summed E-state index contributed by atoms with van der Waals surface area (Å²) >= 11 is 0. The Hall–Kier alpha value is -3.55. The van der Waals surface area contributed by atoms with Gasteiger partial charge in [0, 0.05) is 17.7 Å². The second-order valence-electron chi connectivity index (χ2n) is 7.81. The standard InChI is InChI=1S/C22H22O12/c23-6-14-17(28)20(31)18(29)15(33-14)7-32-22-19(30)16-12(27)4-9(24)5-13(16)34-21(22)8-1-2-10(25)11(26)3-8/h1-5,14-15,17-18,20,23-29,31H,6-7H2/t14-,15+,17-,18+,20+/m1/s1. The molecule has 12 heteroatoms. The van der Waals surface area contributed by atoms with Crippen molar-refractivity contribution in [3.8, 4) is 40.1 Å². The Balaban J connectivity index is 1.79. The number of aliphatic hydroxyl groups excluding tert-OH is 4. The van der Waals surface area contributed by atoms with Gasteiger partial charge in [-0.05, 0) is 18.2 Å². The maximum absolute atomic E-state index is 13.2. The monoisotopic (exact) mass is 478 g/mol. The van der Waals surface area contributed by atoms with Crippen LogP contribution < -0.4 is 10.2 Å². The molecule has 4 rings (SSSR count). The van der Waals surface area contributed by atoms with Gasteiger partial charge in [0.05, 0.1) is 6.61 Å². The third kappa shape index (κ3) is 4.08. The van der Waals surface area contributed by atoms with Crippen molar-refractivity contribution in [2.45, 2.75) is 30.5 Å². The molecule has 1 aliphatic heterocycles. The van der Waals surface area contributed by atoms with Gasteiger partial charge in [-0.3, -0.25) is 4.79 Å². The normalized spacial score (nSPS) is 24.9. The van der Waals surface area contributed by atoms with Gasteiger partial charge in [-0.2, -0.15) is 0 Å². The van der Waals surface area contributed by atoms with Gasteiger partial charge in [0.25, 0.3) is 0 Å². The number of ether oxygens (including phenoxy) is 2.